The van der Waals surface area contributed by atoms with Crippen molar-refractivity contribution >= 4 is 11.4 Å². The largest absolute Gasteiger partial charge is 0.396 e. The second-order valence-electron chi connectivity index (χ2n) is 2.86. The summed E-state index contributed by atoms with van der Waals surface area (Å²) in [4.78, 5) is 2.01. The zero-order chi connectivity index (χ0) is 9.84. The van der Waals surface area contributed by atoms with Gasteiger partial charge in [0.05, 0.1) is 16.9 Å². The lowest BCUT2D eigenvalue weighted by molar-refractivity contribution is 0.969. The van der Waals surface area contributed by atoms with E-state index < -0.39 is 0 Å². The SMILES string of the molecule is CCN(C)c1cccc(C#N)c1N. The highest BCUT2D eigenvalue weighted by Gasteiger charge is 2.06. The van der Waals surface area contributed by atoms with Crippen LogP contribution in [0.25, 0.3) is 0 Å². The molecule has 1 aromatic carbocycles. The Bertz CT molecular complexity index is 339. The van der Waals surface area contributed by atoms with E-state index in [2.05, 4.69) is 6.07 Å². The van der Waals surface area contributed by atoms with Crippen molar-refractivity contribution in [2.24, 2.45) is 0 Å². The molecule has 0 saturated heterocycles. The van der Waals surface area contributed by atoms with Crippen molar-refractivity contribution in [3.05, 3.63) is 23.8 Å². The minimum absolute atomic E-state index is 0.540. The average molecular weight is 175 g/mol. The van der Waals surface area contributed by atoms with Crippen LogP contribution in [0.15, 0.2) is 18.2 Å². The van der Waals surface area contributed by atoms with Crippen LogP contribution in [0.1, 0.15) is 12.5 Å². The second kappa shape index (κ2) is 3.81. The van der Waals surface area contributed by atoms with E-state index in [1.165, 1.54) is 0 Å². The number of rotatable bonds is 2. The number of hydrogen-bond acceptors (Lipinski definition) is 3. The maximum atomic E-state index is 8.75. The van der Waals surface area contributed by atoms with Crippen molar-refractivity contribution in [2.45, 2.75) is 6.92 Å². The van der Waals surface area contributed by atoms with Crippen molar-refractivity contribution in [3.8, 4) is 6.07 Å². The first-order chi connectivity index (χ1) is 6.20. The summed E-state index contributed by atoms with van der Waals surface area (Å²) in [5.41, 5.74) is 7.83. The van der Waals surface area contributed by atoms with Gasteiger partial charge in [-0.05, 0) is 19.1 Å². The number of nitrogens with two attached hydrogens (primary N) is 1. The summed E-state index contributed by atoms with van der Waals surface area (Å²) in [6, 6.07) is 7.55. The Hall–Kier alpha value is -1.69. The molecule has 2 N–H and O–H groups in total. The van der Waals surface area contributed by atoms with E-state index >= 15 is 0 Å². The quantitative estimate of drug-likeness (QED) is 0.694. The first-order valence-corrected chi connectivity index (χ1v) is 4.20. The van der Waals surface area contributed by atoms with Crippen molar-refractivity contribution in [1.82, 2.24) is 0 Å². The lowest BCUT2D eigenvalue weighted by Crippen LogP contribution is -2.17. The van der Waals surface area contributed by atoms with Gasteiger partial charge < -0.3 is 10.6 Å². The number of anilines is 2. The molecule has 0 aliphatic heterocycles. The van der Waals surface area contributed by atoms with Gasteiger partial charge in [0, 0.05) is 13.6 Å². The summed E-state index contributed by atoms with van der Waals surface area (Å²) in [5, 5.41) is 8.75. The lowest BCUT2D eigenvalue weighted by atomic mass is 10.1. The fraction of sp³-hybridized carbons (Fsp3) is 0.300. The van der Waals surface area contributed by atoms with Crippen LogP contribution < -0.4 is 10.6 Å². The predicted octanol–water partition coefficient (Wildman–Crippen LogP) is 1.60. The lowest BCUT2D eigenvalue weighted by Gasteiger charge is -2.19. The zero-order valence-electron chi connectivity index (χ0n) is 7.91. The van der Waals surface area contributed by atoms with E-state index in [1.807, 2.05) is 31.0 Å². The van der Waals surface area contributed by atoms with E-state index in [-0.39, 0.29) is 0 Å². The second-order valence-corrected chi connectivity index (χ2v) is 2.86. The Morgan fingerprint density at radius 3 is 2.77 bits per heavy atom. The topological polar surface area (TPSA) is 53.0 Å². The van der Waals surface area contributed by atoms with Gasteiger partial charge in [0.15, 0.2) is 0 Å². The van der Waals surface area contributed by atoms with Crippen molar-refractivity contribution in [1.29, 1.82) is 5.26 Å². The highest BCUT2D eigenvalue weighted by atomic mass is 15.1. The van der Waals surface area contributed by atoms with Crippen LogP contribution in [0.5, 0.6) is 0 Å². The Morgan fingerprint density at radius 2 is 2.23 bits per heavy atom. The Balaban J connectivity index is 3.17. The standard InChI is InChI=1S/C10H13N3/c1-3-13(2)9-6-4-5-8(7-11)10(9)12/h4-6H,3,12H2,1-2H3. The molecule has 0 aromatic heterocycles. The number of hydrogen-bond donors (Lipinski definition) is 1. The molecule has 1 aromatic rings. The maximum Gasteiger partial charge on any atom is 0.101 e. The maximum absolute atomic E-state index is 8.75. The molecule has 0 fully saturated rings. The van der Waals surface area contributed by atoms with Gasteiger partial charge in [0.1, 0.15) is 6.07 Å². The Labute approximate surface area is 78.4 Å². The number of nitrogens with zero attached hydrogens (tertiary/aromatic N) is 2. The number of nitrogen functional groups attached to an aromatic ring is 1. The summed E-state index contributed by atoms with van der Waals surface area (Å²) in [5.74, 6) is 0. The molecule has 0 radical (unpaired) electrons. The fourth-order valence-electron chi connectivity index (χ4n) is 1.15. The highest BCUT2D eigenvalue weighted by Crippen LogP contribution is 2.24. The van der Waals surface area contributed by atoms with Crippen LogP contribution in [-0.4, -0.2) is 13.6 Å². The molecule has 0 atom stereocenters. The highest BCUT2D eigenvalue weighted by molar-refractivity contribution is 5.73. The molecule has 0 aliphatic carbocycles. The molecule has 0 bridgehead atoms. The molecule has 3 heteroatoms. The fourth-order valence-corrected chi connectivity index (χ4v) is 1.15. The van der Waals surface area contributed by atoms with Crippen LogP contribution in [-0.2, 0) is 0 Å². The third kappa shape index (κ3) is 1.73. The first-order valence-electron chi connectivity index (χ1n) is 4.20. The van der Waals surface area contributed by atoms with Gasteiger partial charge in [-0.15, -0.1) is 0 Å². The minimum Gasteiger partial charge on any atom is -0.396 e. The van der Waals surface area contributed by atoms with E-state index in [9.17, 15) is 0 Å². The smallest absolute Gasteiger partial charge is 0.101 e. The van der Waals surface area contributed by atoms with Gasteiger partial charge in [-0.2, -0.15) is 5.26 Å². The molecule has 3 nitrogen and oxygen atoms in total. The predicted molar refractivity (Wildman–Crippen MR) is 54.5 cm³/mol. The van der Waals surface area contributed by atoms with Gasteiger partial charge in [-0.1, -0.05) is 6.07 Å². The average Bonchev–Trinajstić information content (AvgIpc) is 2.17. The number of para-hydroxylation sites is 1. The summed E-state index contributed by atoms with van der Waals surface area (Å²) in [6.07, 6.45) is 0. The van der Waals surface area contributed by atoms with Gasteiger partial charge in [-0.3, -0.25) is 0 Å². The van der Waals surface area contributed by atoms with Crippen LogP contribution >= 0.6 is 0 Å². The summed E-state index contributed by atoms with van der Waals surface area (Å²) < 4.78 is 0. The molecule has 13 heavy (non-hydrogen) atoms. The van der Waals surface area contributed by atoms with Crippen molar-refractivity contribution in [2.75, 3.05) is 24.2 Å². The van der Waals surface area contributed by atoms with Gasteiger partial charge in [0.2, 0.25) is 0 Å². The first kappa shape index (κ1) is 9.40. The van der Waals surface area contributed by atoms with Crippen LogP contribution in [0, 0.1) is 11.3 Å². The molecule has 68 valence electrons. The molecule has 0 heterocycles. The van der Waals surface area contributed by atoms with E-state index in [0.717, 1.165) is 12.2 Å². The molecule has 0 saturated carbocycles. The van der Waals surface area contributed by atoms with E-state index in [1.54, 1.807) is 6.07 Å². The summed E-state index contributed by atoms with van der Waals surface area (Å²) in [7, 11) is 1.95. The normalized spacial score (nSPS) is 9.31. The molecule has 0 unspecified atom stereocenters. The third-order valence-corrected chi connectivity index (χ3v) is 2.09. The van der Waals surface area contributed by atoms with Crippen LogP contribution in [0.4, 0.5) is 11.4 Å². The van der Waals surface area contributed by atoms with Crippen molar-refractivity contribution < 1.29 is 0 Å². The van der Waals surface area contributed by atoms with Crippen molar-refractivity contribution in [3.63, 3.8) is 0 Å². The zero-order valence-corrected chi connectivity index (χ0v) is 7.91. The molecule has 0 spiro atoms. The van der Waals surface area contributed by atoms with Gasteiger partial charge >= 0.3 is 0 Å². The monoisotopic (exact) mass is 175 g/mol. The van der Waals surface area contributed by atoms with Gasteiger partial charge in [0.25, 0.3) is 0 Å². The number of nitriles is 1. The Kier molecular flexibility index (Phi) is 2.76. The van der Waals surface area contributed by atoms with Gasteiger partial charge in [-0.25, -0.2) is 0 Å². The van der Waals surface area contributed by atoms with E-state index in [0.29, 0.717) is 11.3 Å². The molecular weight excluding hydrogens is 162 g/mol. The van der Waals surface area contributed by atoms with E-state index in [4.69, 9.17) is 11.0 Å². The van der Waals surface area contributed by atoms with Crippen LogP contribution in [0.3, 0.4) is 0 Å². The molecular formula is C10H13N3. The summed E-state index contributed by atoms with van der Waals surface area (Å²) >= 11 is 0. The molecule has 1 rings (SSSR count). The third-order valence-electron chi connectivity index (χ3n) is 2.09. The van der Waals surface area contributed by atoms with Crippen LogP contribution in [0.2, 0.25) is 0 Å². The minimum atomic E-state index is 0.540. The molecule has 0 aliphatic rings. The summed E-state index contributed by atoms with van der Waals surface area (Å²) in [6.45, 7) is 2.91. The molecule has 0 amide bonds. The Morgan fingerprint density at radius 1 is 1.54 bits per heavy atom. The number of benzene rings is 1.